The first-order chi connectivity index (χ1) is 11.2. The number of aryl methyl sites for hydroxylation is 1. The van der Waals surface area contributed by atoms with Crippen LogP contribution < -0.4 is 5.43 Å². The second-order valence-electron chi connectivity index (χ2n) is 5.49. The van der Waals surface area contributed by atoms with Gasteiger partial charge in [-0.25, -0.2) is 4.98 Å². The Morgan fingerprint density at radius 2 is 2.00 bits per heavy atom. The van der Waals surface area contributed by atoms with Gasteiger partial charge in [0, 0.05) is 0 Å². The van der Waals surface area contributed by atoms with Crippen molar-refractivity contribution in [1.29, 1.82) is 0 Å². The topological polar surface area (TPSA) is 58.9 Å². The minimum Gasteiger partial charge on any atom is -0.463 e. The van der Waals surface area contributed by atoms with E-state index in [1.165, 1.54) is 6.26 Å². The monoisotopic (exact) mass is 302 g/mol. The van der Waals surface area contributed by atoms with Crippen molar-refractivity contribution in [3.05, 3.63) is 75.9 Å². The van der Waals surface area contributed by atoms with Gasteiger partial charge >= 0.3 is 0 Å². The Balaban J connectivity index is 1.77. The average molecular weight is 302 g/mol. The van der Waals surface area contributed by atoms with Crippen molar-refractivity contribution >= 4 is 34.2 Å². The molecule has 4 heteroatoms. The summed E-state index contributed by atoms with van der Waals surface area (Å²) in [7, 11) is 0. The summed E-state index contributed by atoms with van der Waals surface area (Å²) in [6.45, 7) is 1.95. The lowest BCUT2D eigenvalue weighted by Gasteiger charge is -1.99. The average Bonchev–Trinajstić information content (AvgIpc) is 2.97. The Morgan fingerprint density at radius 3 is 2.87 bits per heavy atom. The Morgan fingerprint density at radius 1 is 1.13 bits per heavy atom. The van der Waals surface area contributed by atoms with E-state index in [0.29, 0.717) is 22.4 Å². The van der Waals surface area contributed by atoms with Gasteiger partial charge in [-0.05, 0) is 43.3 Å². The lowest BCUT2D eigenvalue weighted by molar-refractivity contribution is 0.601. The Bertz CT molecular complexity index is 1070. The number of para-hydroxylation sites is 2. The van der Waals surface area contributed by atoms with E-state index in [0.717, 1.165) is 16.6 Å². The molecule has 2 aromatic heterocycles. The zero-order chi connectivity index (χ0) is 15.8. The van der Waals surface area contributed by atoms with E-state index in [1.807, 2.05) is 49.4 Å². The van der Waals surface area contributed by atoms with Crippen LogP contribution in [0.25, 0.3) is 34.2 Å². The Hall–Kier alpha value is -3.14. The molecule has 0 fully saturated rings. The van der Waals surface area contributed by atoms with Gasteiger partial charge < -0.3 is 9.40 Å². The van der Waals surface area contributed by atoms with Crippen molar-refractivity contribution in [2.75, 3.05) is 0 Å². The van der Waals surface area contributed by atoms with Crippen LogP contribution in [-0.4, -0.2) is 9.97 Å². The number of aromatic nitrogens is 2. The van der Waals surface area contributed by atoms with E-state index in [-0.39, 0.29) is 5.43 Å². The quantitative estimate of drug-likeness (QED) is 0.605. The molecule has 4 aromatic rings. The van der Waals surface area contributed by atoms with Crippen LogP contribution in [0, 0.1) is 6.92 Å². The predicted molar refractivity (Wildman–Crippen MR) is 92.2 cm³/mol. The molecule has 0 unspecified atom stereocenters. The number of H-pyrrole nitrogens is 1. The number of rotatable bonds is 2. The van der Waals surface area contributed by atoms with Gasteiger partial charge in [0.15, 0.2) is 5.43 Å². The van der Waals surface area contributed by atoms with Crippen molar-refractivity contribution in [1.82, 2.24) is 9.97 Å². The lowest BCUT2D eigenvalue weighted by Crippen LogP contribution is -2.04. The Labute approximate surface area is 132 Å². The lowest BCUT2D eigenvalue weighted by atomic mass is 10.1. The highest BCUT2D eigenvalue weighted by Crippen LogP contribution is 2.15. The minimum atomic E-state index is -0.0395. The van der Waals surface area contributed by atoms with Crippen molar-refractivity contribution < 1.29 is 4.42 Å². The van der Waals surface area contributed by atoms with Crippen LogP contribution in [0.2, 0.25) is 0 Å². The third-order valence-electron chi connectivity index (χ3n) is 3.78. The van der Waals surface area contributed by atoms with Crippen LogP contribution in [0.15, 0.2) is 57.9 Å². The number of nitrogens with one attached hydrogen (secondary N) is 1. The third-order valence-corrected chi connectivity index (χ3v) is 3.78. The highest BCUT2D eigenvalue weighted by atomic mass is 16.3. The predicted octanol–water partition coefficient (Wildman–Crippen LogP) is 4.15. The maximum absolute atomic E-state index is 12.5. The van der Waals surface area contributed by atoms with E-state index in [2.05, 4.69) is 9.97 Å². The minimum absolute atomic E-state index is 0.0395. The molecular formula is C19H14N2O2. The number of fused-ring (bicyclic) bond motifs is 2. The number of nitrogens with zero attached hydrogens (tertiary/aromatic N) is 1. The summed E-state index contributed by atoms with van der Waals surface area (Å²) in [5, 5.41) is 0.594. The van der Waals surface area contributed by atoms with Crippen LogP contribution in [0.3, 0.4) is 0 Å². The van der Waals surface area contributed by atoms with Gasteiger partial charge in [0.25, 0.3) is 0 Å². The summed E-state index contributed by atoms with van der Waals surface area (Å²) < 4.78 is 5.54. The molecule has 0 radical (unpaired) electrons. The molecule has 23 heavy (non-hydrogen) atoms. The molecule has 0 aliphatic carbocycles. The molecule has 0 bridgehead atoms. The summed E-state index contributed by atoms with van der Waals surface area (Å²) in [4.78, 5) is 20.2. The van der Waals surface area contributed by atoms with Crippen molar-refractivity contribution in [2.24, 2.45) is 0 Å². The maximum atomic E-state index is 12.5. The zero-order valence-corrected chi connectivity index (χ0v) is 12.5. The first-order valence-corrected chi connectivity index (χ1v) is 7.36. The SMILES string of the molecule is Cc1ccc2occ(/C=C/c3nc4ccccc4[nH]3)c(=O)c2c1. The molecule has 0 amide bonds. The summed E-state index contributed by atoms with van der Waals surface area (Å²) in [6, 6.07) is 13.4. The van der Waals surface area contributed by atoms with Gasteiger partial charge in [-0.15, -0.1) is 0 Å². The molecule has 4 nitrogen and oxygen atoms in total. The van der Waals surface area contributed by atoms with Gasteiger partial charge in [-0.3, -0.25) is 4.79 Å². The highest BCUT2D eigenvalue weighted by Gasteiger charge is 2.05. The van der Waals surface area contributed by atoms with Gasteiger partial charge in [-0.1, -0.05) is 23.8 Å². The first-order valence-electron chi connectivity index (χ1n) is 7.36. The highest BCUT2D eigenvalue weighted by molar-refractivity contribution is 5.82. The largest absolute Gasteiger partial charge is 0.463 e. The number of imidazole rings is 1. The van der Waals surface area contributed by atoms with E-state index in [9.17, 15) is 4.79 Å². The first kappa shape index (κ1) is 13.5. The Kier molecular flexibility index (Phi) is 3.08. The molecule has 0 saturated heterocycles. The third kappa shape index (κ3) is 2.44. The van der Waals surface area contributed by atoms with E-state index >= 15 is 0 Å². The molecule has 0 saturated carbocycles. The molecule has 2 heterocycles. The second-order valence-corrected chi connectivity index (χ2v) is 5.49. The van der Waals surface area contributed by atoms with E-state index in [4.69, 9.17) is 4.42 Å². The number of hydrogen-bond acceptors (Lipinski definition) is 3. The van der Waals surface area contributed by atoms with Gasteiger partial charge in [0.1, 0.15) is 17.7 Å². The molecule has 0 aliphatic rings. The number of benzene rings is 2. The normalized spacial score (nSPS) is 11.7. The molecule has 0 atom stereocenters. The standard InChI is InChI=1S/C19H14N2O2/c1-12-6-8-17-14(10-12)19(22)13(11-23-17)7-9-18-20-15-4-2-3-5-16(15)21-18/h2-11H,1H3,(H,20,21)/b9-7+. The van der Waals surface area contributed by atoms with Crippen LogP contribution >= 0.6 is 0 Å². The second kappa shape index (κ2) is 5.25. The summed E-state index contributed by atoms with van der Waals surface area (Å²) in [5.41, 5.74) is 3.96. The molecule has 2 aromatic carbocycles. The molecule has 0 spiro atoms. The van der Waals surface area contributed by atoms with Gasteiger partial charge in [0.05, 0.1) is 22.0 Å². The fourth-order valence-corrected chi connectivity index (χ4v) is 2.60. The fraction of sp³-hybridized carbons (Fsp3) is 0.0526. The smallest absolute Gasteiger partial charge is 0.199 e. The zero-order valence-electron chi connectivity index (χ0n) is 12.5. The number of aromatic amines is 1. The maximum Gasteiger partial charge on any atom is 0.199 e. The fourth-order valence-electron chi connectivity index (χ4n) is 2.60. The van der Waals surface area contributed by atoms with Crippen LogP contribution in [0.5, 0.6) is 0 Å². The van der Waals surface area contributed by atoms with E-state index < -0.39 is 0 Å². The molecule has 112 valence electrons. The molecule has 4 rings (SSSR count). The van der Waals surface area contributed by atoms with Crippen LogP contribution in [-0.2, 0) is 0 Å². The summed E-state index contributed by atoms with van der Waals surface area (Å²) in [5.74, 6) is 0.704. The van der Waals surface area contributed by atoms with E-state index in [1.54, 1.807) is 12.2 Å². The summed E-state index contributed by atoms with van der Waals surface area (Å²) >= 11 is 0. The molecular weight excluding hydrogens is 288 g/mol. The van der Waals surface area contributed by atoms with Gasteiger partial charge in [-0.2, -0.15) is 0 Å². The van der Waals surface area contributed by atoms with Crippen LogP contribution in [0.1, 0.15) is 17.0 Å². The van der Waals surface area contributed by atoms with Crippen molar-refractivity contribution in [3.63, 3.8) is 0 Å². The molecule has 0 aliphatic heterocycles. The van der Waals surface area contributed by atoms with Crippen molar-refractivity contribution in [3.8, 4) is 0 Å². The number of hydrogen-bond donors (Lipinski definition) is 1. The molecule has 1 N–H and O–H groups in total. The van der Waals surface area contributed by atoms with Crippen LogP contribution in [0.4, 0.5) is 0 Å². The summed E-state index contributed by atoms with van der Waals surface area (Å²) in [6.07, 6.45) is 5.00. The van der Waals surface area contributed by atoms with Crippen molar-refractivity contribution in [2.45, 2.75) is 6.92 Å². The van der Waals surface area contributed by atoms with Gasteiger partial charge in [0.2, 0.25) is 0 Å².